The number of fused-ring (bicyclic) bond motifs is 1. The van der Waals surface area contributed by atoms with Crippen molar-refractivity contribution in [3.8, 4) is 0 Å². The molecule has 26 heavy (non-hydrogen) atoms. The van der Waals surface area contributed by atoms with Crippen LogP contribution in [0.3, 0.4) is 0 Å². The van der Waals surface area contributed by atoms with E-state index in [-0.39, 0.29) is 11.9 Å². The second-order valence-electron chi connectivity index (χ2n) is 7.36. The Kier molecular flexibility index (Phi) is 4.49. The van der Waals surface area contributed by atoms with Crippen LogP contribution in [0, 0.1) is 6.92 Å². The summed E-state index contributed by atoms with van der Waals surface area (Å²) < 4.78 is 1.99. The Balaban J connectivity index is 1.36. The van der Waals surface area contributed by atoms with Gasteiger partial charge in [0.1, 0.15) is 5.82 Å². The number of benzene rings is 1. The molecule has 3 aromatic rings. The largest absolute Gasteiger partial charge is 0.343 e. The first kappa shape index (κ1) is 16.8. The fourth-order valence-corrected chi connectivity index (χ4v) is 3.76. The van der Waals surface area contributed by atoms with Crippen molar-refractivity contribution in [1.29, 1.82) is 0 Å². The number of aryl methyl sites for hydroxylation is 1. The summed E-state index contributed by atoms with van der Waals surface area (Å²) in [6, 6.07) is 6.44. The lowest BCUT2D eigenvalue weighted by Crippen LogP contribution is -2.38. The van der Waals surface area contributed by atoms with Crippen molar-refractivity contribution in [3.63, 3.8) is 0 Å². The molecule has 1 aliphatic rings. The number of likely N-dealkylation sites (tertiary alicyclic amines) is 1. The third-order valence-corrected chi connectivity index (χ3v) is 5.39. The van der Waals surface area contributed by atoms with E-state index >= 15 is 0 Å². The summed E-state index contributed by atoms with van der Waals surface area (Å²) in [5.74, 6) is 1.69. The zero-order valence-corrected chi connectivity index (χ0v) is 15.4. The predicted molar refractivity (Wildman–Crippen MR) is 101 cm³/mol. The van der Waals surface area contributed by atoms with Gasteiger partial charge < -0.3 is 14.5 Å². The molecule has 1 atom stereocenters. The monoisotopic (exact) mass is 351 g/mol. The van der Waals surface area contributed by atoms with E-state index in [0.717, 1.165) is 42.8 Å². The molecule has 1 aliphatic heterocycles. The van der Waals surface area contributed by atoms with Gasteiger partial charge in [0.05, 0.1) is 17.4 Å². The Morgan fingerprint density at radius 1 is 1.35 bits per heavy atom. The van der Waals surface area contributed by atoms with Gasteiger partial charge in [-0.3, -0.25) is 4.79 Å². The normalized spacial score (nSPS) is 16.9. The van der Waals surface area contributed by atoms with Crippen molar-refractivity contribution >= 4 is 16.9 Å². The zero-order valence-electron chi connectivity index (χ0n) is 15.4. The lowest BCUT2D eigenvalue weighted by Gasteiger charge is -2.32. The number of carbonyl (C=O) groups is 1. The van der Waals surface area contributed by atoms with Crippen LogP contribution in [-0.4, -0.2) is 43.4 Å². The van der Waals surface area contributed by atoms with Crippen molar-refractivity contribution in [2.75, 3.05) is 13.1 Å². The summed E-state index contributed by atoms with van der Waals surface area (Å²) >= 11 is 0. The fraction of sp³-hybridized carbons (Fsp3) is 0.450. The first-order chi connectivity index (χ1) is 12.6. The lowest BCUT2D eigenvalue weighted by atomic mass is 9.96. The van der Waals surface area contributed by atoms with Crippen LogP contribution in [0.1, 0.15) is 49.5 Å². The summed E-state index contributed by atoms with van der Waals surface area (Å²) in [5, 5.41) is 0. The third-order valence-electron chi connectivity index (χ3n) is 5.39. The predicted octanol–water partition coefficient (Wildman–Crippen LogP) is 3.43. The molecule has 4 rings (SSSR count). The number of aromatic amines is 1. The molecule has 1 N–H and O–H groups in total. The Labute approximate surface area is 153 Å². The summed E-state index contributed by atoms with van der Waals surface area (Å²) in [5.41, 5.74) is 3.37. The Bertz CT molecular complexity index is 890. The molecule has 6 heteroatoms. The van der Waals surface area contributed by atoms with Crippen LogP contribution >= 0.6 is 0 Å². The molecule has 0 spiro atoms. The number of aromatic nitrogens is 4. The third kappa shape index (κ3) is 3.36. The number of rotatable bonds is 4. The number of nitrogens with zero attached hydrogens (tertiary/aromatic N) is 4. The van der Waals surface area contributed by atoms with Gasteiger partial charge in [0, 0.05) is 43.9 Å². The van der Waals surface area contributed by atoms with Crippen LogP contribution in [0.25, 0.3) is 11.0 Å². The number of hydrogen-bond acceptors (Lipinski definition) is 3. The van der Waals surface area contributed by atoms with E-state index in [1.54, 1.807) is 12.5 Å². The number of hydrogen-bond donors (Lipinski definition) is 1. The van der Waals surface area contributed by atoms with E-state index in [1.807, 2.05) is 15.7 Å². The molecule has 1 aromatic carbocycles. The van der Waals surface area contributed by atoms with Gasteiger partial charge in [-0.25, -0.2) is 9.97 Å². The van der Waals surface area contributed by atoms with Gasteiger partial charge >= 0.3 is 0 Å². The van der Waals surface area contributed by atoms with E-state index in [0.29, 0.717) is 12.3 Å². The maximum Gasteiger partial charge on any atom is 0.224 e. The second-order valence-corrected chi connectivity index (χ2v) is 7.36. The molecule has 3 heterocycles. The van der Waals surface area contributed by atoms with Gasteiger partial charge in [-0.1, -0.05) is 6.07 Å². The second kappa shape index (κ2) is 6.94. The van der Waals surface area contributed by atoms with Crippen molar-refractivity contribution in [1.82, 2.24) is 24.4 Å². The number of imidazole rings is 2. The topological polar surface area (TPSA) is 66.8 Å². The van der Waals surface area contributed by atoms with Gasteiger partial charge in [-0.05, 0) is 44.4 Å². The molecular formula is C20H25N5O. The quantitative estimate of drug-likeness (QED) is 0.783. The fourth-order valence-electron chi connectivity index (χ4n) is 3.76. The molecule has 1 unspecified atom stereocenters. The maximum absolute atomic E-state index is 12.6. The molecule has 0 aliphatic carbocycles. The van der Waals surface area contributed by atoms with Gasteiger partial charge in [-0.15, -0.1) is 0 Å². The minimum Gasteiger partial charge on any atom is -0.343 e. The van der Waals surface area contributed by atoms with Crippen LogP contribution in [-0.2, 0) is 4.79 Å². The summed E-state index contributed by atoms with van der Waals surface area (Å²) in [6.07, 6.45) is 7.88. The Morgan fingerprint density at radius 3 is 2.88 bits per heavy atom. The molecule has 0 bridgehead atoms. The summed E-state index contributed by atoms with van der Waals surface area (Å²) in [4.78, 5) is 26.9. The van der Waals surface area contributed by atoms with Crippen LogP contribution in [0.2, 0.25) is 0 Å². The van der Waals surface area contributed by atoms with Crippen molar-refractivity contribution in [2.24, 2.45) is 0 Å². The highest BCUT2D eigenvalue weighted by atomic mass is 16.2. The average molecular weight is 351 g/mol. The molecule has 0 radical (unpaired) electrons. The smallest absolute Gasteiger partial charge is 0.224 e. The first-order valence-corrected chi connectivity index (χ1v) is 9.31. The van der Waals surface area contributed by atoms with E-state index < -0.39 is 0 Å². The number of nitrogens with one attached hydrogen (secondary N) is 1. The molecule has 1 saturated heterocycles. The Hall–Kier alpha value is -2.63. The van der Waals surface area contributed by atoms with Gasteiger partial charge in [0.2, 0.25) is 5.91 Å². The number of piperidine rings is 1. The Morgan fingerprint density at radius 2 is 2.15 bits per heavy atom. The molecule has 1 fully saturated rings. The standard InChI is InChI=1S/C20H25N5O/c1-14-3-4-17-18(11-14)23-20(22-17)16-5-8-24(9-6-16)19(26)12-15(2)25-10-7-21-13-25/h3-4,7,10-11,13,15-16H,5-6,8-9,12H2,1-2H3,(H,22,23). The van der Waals surface area contributed by atoms with Crippen molar-refractivity contribution < 1.29 is 4.79 Å². The van der Waals surface area contributed by atoms with E-state index in [9.17, 15) is 4.79 Å². The molecule has 0 saturated carbocycles. The minimum absolute atomic E-state index is 0.140. The first-order valence-electron chi connectivity index (χ1n) is 9.31. The number of H-pyrrole nitrogens is 1. The minimum atomic E-state index is 0.140. The van der Waals surface area contributed by atoms with Gasteiger partial charge in [-0.2, -0.15) is 0 Å². The number of amides is 1. The van der Waals surface area contributed by atoms with Crippen LogP contribution in [0.5, 0.6) is 0 Å². The highest BCUT2D eigenvalue weighted by Crippen LogP contribution is 2.28. The lowest BCUT2D eigenvalue weighted by molar-refractivity contribution is -0.133. The van der Waals surface area contributed by atoms with Crippen molar-refractivity contribution in [2.45, 2.75) is 45.1 Å². The SMILES string of the molecule is Cc1ccc2nc(C3CCN(C(=O)CC(C)n4ccnc4)CC3)[nH]c2c1. The van der Waals surface area contributed by atoms with E-state index in [4.69, 9.17) is 4.98 Å². The van der Waals surface area contributed by atoms with Crippen LogP contribution < -0.4 is 0 Å². The molecule has 2 aromatic heterocycles. The summed E-state index contributed by atoms with van der Waals surface area (Å²) in [7, 11) is 0. The van der Waals surface area contributed by atoms with E-state index in [1.165, 1.54) is 5.56 Å². The highest BCUT2D eigenvalue weighted by Gasteiger charge is 2.26. The molecule has 1 amide bonds. The number of carbonyl (C=O) groups excluding carboxylic acids is 1. The zero-order chi connectivity index (χ0) is 18.1. The maximum atomic E-state index is 12.6. The summed E-state index contributed by atoms with van der Waals surface area (Å²) in [6.45, 7) is 5.75. The molecular weight excluding hydrogens is 326 g/mol. The van der Waals surface area contributed by atoms with Gasteiger partial charge in [0.15, 0.2) is 0 Å². The van der Waals surface area contributed by atoms with Crippen LogP contribution in [0.15, 0.2) is 36.9 Å². The van der Waals surface area contributed by atoms with Crippen LogP contribution in [0.4, 0.5) is 0 Å². The highest BCUT2D eigenvalue weighted by molar-refractivity contribution is 5.77. The van der Waals surface area contributed by atoms with E-state index in [2.05, 4.69) is 42.0 Å². The molecule has 6 nitrogen and oxygen atoms in total. The molecule has 136 valence electrons. The van der Waals surface area contributed by atoms with Crippen molar-refractivity contribution in [3.05, 3.63) is 48.3 Å². The average Bonchev–Trinajstić information content (AvgIpc) is 3.31. The van der Waals surface area contributed by atoms with Gasteiger partial charge in [0.25, 0.3) is 0 Å².